The third kappa shape index (κ3) is 2.13. The topological polar surface area (TPSA) is 53.1 Å². The molecule has 3 rings (SSSR count). The molecule has 18 heavy (non-hydrogen) atoms. The Kier molecular flexibility index (Phi) is 3.06. The fraction of sp³-hybridized carbons (Fsp3) is 0.500. The average molecular weight is 245 g/mol. The van der Waals surface area contributed by atoms with Crippen LogP contribution < -0.4 is 5.73 Å². The van der Waals surface area contributed by atoms with Gasteiger partial charge in [-0.25, -0.2) is 4.98 Å². The molecule has 4 nitrogen and oxygen atoms in total. The van der Waals surface area contributed by atoms with Crippen molar-refractivity contribution in [3.63, 3.8) is 0 Å². The van der Waals surface area contributed by atoms with Crippen LogP contribution in [0.5, 0.6) is 0 Å². The number of hydrogen-bond donors (Lipinski definition) is 1. The molecule has 1 aromatic carbocycles. The van der Waals surface area contributed by atoms with Crippen LogP contribution >= 0.6 is 0 Å². The predicted molar refractivity (Wildman–Crippen MR) is 71.5 cm³/mol. The van der Waals surface area contributed by atoms with Crippen LogP contribution in [0.4, 0.5) is 0 Å². The lowest BCUT2D eigenvalue weighted by Crippen LogP contribution is -2.10. The number of rotatable bonds is 5. The van der Waals surface area contributed by atoms with Crippen LogP contribution in [-0.4, -0.2) is 22.7 Å². The molecule has 96 valence electrons. The summed E-state index contributed by atoms with van der Waals surface area (Å²) in [5.41, 5.74) is 9.00. The van der Waals surface area contributed by atoms with E-state index in [-0.39, 0.29) is 0 Å². The van der Waals surface area contributed by atoms with E-state index in [0.29, 0.717) is 25.8 Å². The van der Waals surface area contributed by atoms with Crippen molar-refractivity contribution in [1.29, 1.82) is 0 Å². The molecule has 0 saturated heterocycles. The van der Waals surface area contributed by atoms with Gasteiger partial charge in [0.05, 0.1) is 17.6 Å². The fourth-order valence-corrected chi connectivity index (χ4v) is 2.35. The number of nitrogens with two attached hydrogens (primary N) is 1. The standard InChI is InChI=1S/C14H19N3O/c1-10-2-5-13-12(8-10)16-14(9-18-7-6-15)17(13)11-3-4-11/h2,5,8,11H,3-4,6-7,9,15H2,1H3. The number of aromatic nitrogens is 2. The first-order chi connectivity index (χ1) is 8.79. The molecule has 1 aliphatic carbocycles. The second kappa shape index (κ2) is 4.71. The van der Waals surface area contributed by atoms with E-state index >= 15 is 0 Å². The van der Waals surface area contributed by atoms with Crippen LogP contribution in [-0.2, 0) is 11.3 Å². The summed E-state index contributed by atoms with van der Waals surface area (Å²) in [6, 6.07) is 7.07. The Labute approximate surface area is 107 Å². The van der Waals surface area contributed by atoms with Gasteiger partial charge in [-0.2, -0.15) is 0 Å². The smallest absolute Gasteiger partial charge is 0.136 e. The van der Waals surface area contributed by atoms with Crippen LogP contribution in [0.1, 0.15) is 30.3 Å². The van der Waals surface area contributed by atoms with Gasteiger partial charge in [-0.3, -0.25) is 0 Å². The number of benzene rings is 1. The summed E-state index contributed by atoms with van der Waals surface area (Å²) in [7, 11) is 0. The summed E-state index contributed by atoms with van der Waals surface area (Å²) in [6.45, 7) is 3.80. The van der Waals surface area contributed by atoms with Gasteiger partial charge in [0, 0.05) is 12.6 Å². The second-order valence-electron chi connectivity index (χ2n) is 4.96. The molecule has 0 unspecified atom stereocenters. The first kappa shape index (κ1) is 11.7. The van der Waals surface area contributed by atoms with E-state index in [1.54, 1.807) is 0 Å². The molecule has 0 bridgehead atoms. The van der Waals surface area contributed by atoms with E-state index in [2.05, 4.69) is 29.7 Å². The Morgan fingerprint density at radius 2 is 2.28 bits per heavy atom. The van der Waals surface area contributed by atoms with Crippen molar-refractivity contribution in [2.75, 3.05) is 13.2 Å². The molecule has 0 aliphatic heterocycles. The van der Waals surface area contributed by atoms with E-state index in [0.717, 1.165) is 11.3 Å². The number of imidazole rings is 1. The minimum absolute atomic E-state index is 0.557. The number of aryl methyl sites for hydroxylation is 1. The van der Waals surface area contributed by atoms with Gasteiger partial charge in [-0.05, 0) is 37.5 Å². The highest BCUT2D eigenvalue weighted by atomic mass is 16.5. The van der Waals surface area contributed by atoms with Gasteiger partial charge in [0.25, 0.3) is 0 Å². The van der Waals surface area contributed by atoms with E-state index in [9.17, 15) is 0 Å². The van der Waals surface area contributed by atoms with E-state index in [4.69, 9.17) is 15.5 Å². The van der Waals surface area contributed by atoms with Gasteiger partial charge in [0.1, 0.15) is 12.4 Å². The summed E-state index contributed by atoms with van der Waals surface area (Å²) < 4.78 is 7.88. The molecule has 0 radical (unpaired) electrons. The monoisotopic (exact) mass is 245 g/mol. The first-order valence-corrected chi connectivity index (χ1v) is 6.55. The highest BCUT2D eigenvalue weighted by molar-refractivity contribution is 5.77. The van der Waals surface area contributed by atoms with Gasteiger partial charge < -0.3 is 15.0 Å². The second-order valence-corrected chi connectivity index (χ2v) is 4.96. The Hall–Kier alpha value is -1.39. The number of ether oxygens (including phenoxy) is 1. The predicted octanol–water partition coefficient (Wildman–Crippen LogP) is 2.15. The third-order valence-electron chi connectivity index (χ3n) is 3.32. The fourth-order valence-electron chi connectivity index (χ4n) is 2.35. The zero-order chi connectivity index (χ0) is 12.5. The molecule has 1 saturated carbocycles. The van der Waals surface area contributed by atoms with Crippen LogP contribution in [0.15, 0.2) is 18.2 Å². The first-order valence-electron chi connectivity index (χ1n) is 6.55. The lowest BCUT2D eigenvalue weighted by molar-refractivity contribution is 0.120. The summed E-state index contributed by atoms with van der Waals surface area (Å²) in [5, 5.41) is 0. The number of fused-ring (bicyclic) bond motifs is 1. The van der Waals surface area contributed by atoms with Gasteiger partial charge in [-0.1, -0.05) is 6.07 Å². The van der Waals surface area contributed by atoms with E-state index < -0.39 is 0 Å². The zero-order valence-electron chi connectivity index (χ0n) is 10.7. The SMILES string of the molecule is Cc1ccc2c(c1)nc(COCCN)n2C1CC1. The van der Waals surface area contributed by atoms with Crippen molar-refractivity contribution < 1.29 is 4.74 Å². The molecule has 0 spiro atoms. The maximum Gasteiger partial charge on any atom is 0.136 e. The van der Waals surface area contributed by atoms with Gasteiger partial charge in [-0.15, -0.1) is 0 Å². The summed E-state index contributed by atoms with van der Waals surface area (Å²) in [6.07, 6.45) is 2.51. The highest BCUT2D eigenvalue weighted by Gasteiger charge is 2.28. The lowest BCUT2D eigenvalue weighted by Gasteiger charge is -2.07. The largest absolute Gasteiger partial charge is 0.372 e. The molecule has 0 atom stereocenters. The summed E-state index contributed by atoms with van der Waals surface area (Å²) in [5.74, 6) is 1.03. The molecule has 1 aromatic heterocycles. The van der Waals surface area contributed by atoms with Crippen molar-refractivity contribution in [1.82, 2.24) is 9.55 Å². The number of hydrogen-bond acceptors (Lipinski definition) is 3. The summed E-state index contributed by atoms with van der Waals surface area (Å²) in [4.78, 5) is 4.70. The van der Waals surface area contributed by atoms with E-state index in [1.165, 1.54) is 23.9 Å². The van der Waals surface area contributed by atoms with Crippen molar-refractivity contribution in [3.8, 4) is 0 Å². The molecule has 4 heteroatoms. The Morgan fingerprint density at radius 3 is 3.00 bits per heavy atom. The molecule has 1 heterocycles. The average Bonchev–Trinajstić information content (AvgIpc) is 3.12. The normalized spacial score (nSPS) is 15.4. The van der Waals surface area contributed by atoms with Gasteiger partial charge in [0.15, 0.2) is 0 Å². The highest BCUT2D eigenvalue weighted by Crippen LogP contribution is 2.38. The summed E-state index contributed by atoms with van der Waals surface area (Å²) >= 11 is 0. The van der Waals surface area contributed by atoms with Crippen molar-refractivity contribution in [3.05, 3.63) is 29.6 Å². The molecule has 0 amide bonds. The maximum atomic E-state index is 5.54. The zero-order valence-corrected chi connectivity index (χ0v) is 10.7. The lowest BCUT2D eigenvalue weighted by atomic mass is 10.2. The van der Waals surface area contributed by atoms with Crippen LogP contribution in [0.2, 0.25) is 0 Å². The van der Waals surface area contributed by atoms with Crippen molar-refractivity contribution in [2.24, 2.45) is 5.73 Å². The van der Waals surface area contributed by atoms with E-state index in [1.807, 2.05) is 0 Å². The van der Waals surface area contributed by atoms with Crippen LogP contribution in [0, 0.1) is 6.92 Å². The van der Waals surface area contributed by atoms with Crippen LogP contribution in [0.25, 0.3) is 11.0 Å². The number of nitrogens with zero attached hydrogens (tertiary/aromatic N) is 2. The molecular weight excluding hydrogens is 226 g/mol. The minimum Gasteiger partial charge on any atom is -0.372 e. The molecule has 1 aliphatic rings. The molecule has 2 aromatic rings. The molecule has 1 fully saturated rings. The maximum absolute atomic E-state index is 5.54. The Morgan fingerprint density at radius 1 is 1.44 bits per heavy atom. The quantitative estimate of drug-likeness (QED) is 0.821. The molecular formula is C14H19N3O. The van der Waals surface area contributed by atoms with Crippen LogP contribution in [0.3, 0.4) is 0 Å². The van der Waals surface area contributed by atoms with Crippen molar-refractivity contribution >= 4 is 11.0 Å². The van der Waals surface area contributed by atoms with Gasteiger partial charge >= 0.3 is 0 Å². The molecule has 2 N–H and O–H groups in total. The van der Waals surface area contributed by atoms with Gasteiger partial charge in [0.2, 0.25) is 0 Å². The minimum atomic E-state index is 0.557. The Bertz CT molecular complexity index is 557. The van der Waals surface area contributed by atoms with Crippen molar-refractivity contribution in [2.45, 2.75) is 32.4 Å². The Balaban J connectivity index is 1.98. The third-order valence-corrected chi connectivity index (χ3v) is 3.32.